The fraction of sp³-hybridized carbons (Fsp3) is 0.324. The molecule has 2 heterocycles. The summed E-state index contributed by atoms with van der Waals surface area (Å²) in [7, 11) is 2.91. The molecule has 0 aliphatic carbocycles. The molecule has 48 heavy (non-hydrogen) atoms. The van der Waals surface area contributed by atoms with Crippen molar-refractivity contribution >= 4 is 29.6 Å². The van der Waals surface area contributed by atoms with Gasteiger partial charge in [-0.25, -0.2) is 9.59 Å². The van der Waals surface area contributed by atoms with Crippen molar-refractivity contribution in [3.63, 3.8) is 0 Å². The molecule has 0 fully saturated rings. The number of esters is 2. The predicted octanol–water partition coefficient (Wildman–Crippen LogP) is 7.60. The standard InChI is InChI=1S/C37H39ClN2O8/c1-6-8-13-40-35(29-18-30(38)23(3)14-32(29)46-21-24-11-9-10-12-28(24)37(42)44-5)27(20-39-40)16-26(36(41)45-7-2)15-25-17-33-34(48-22-47-33)19-31(25)43-4/h9-12,14,16-20H,6-8,13,15,21-22H2,1-5H3. The van der Waals surface area contributed by atoms with Gasteiger partial charge in [-0.3, -0.25) is 4.68 Å². The maximum Gasteiger partial charge on any atom is 0.338 e. The van der Waals surface area contributed by atoms with E-state index in [1.165, 1.54) is 7.11 Å². The van der Waals surface area contributed by atoms with Crippen molar-refractivity contribution in [2.24, 2.45) is 0 Å². The lowest BCUT2D eigenvalue weighted by Crippen LogP contribution is -2.11. The lowest BCUT2D eigenvalue weighted by Gasteiger charge is -2.17. The quantitative estimate of drug-likeness (QED) is 0.0987. The first-order valence-corrected chi connectivity index (χ1v) is 16.1. The number of rotatable bonds is 14. The molecule has 3 aromatic carbocycles. The van der Waals surface area contributed by atoms with Gasteiger partial charge in [-0.1, -0.05) is 43.1 Å². The second-order valence-corrected chi connectivity index (χ2v) is 11.6. The van der Waals surface area contributed by atoms with Gasteiger partial charge in [-0.05, 0) is 56.2 Å². The number of aromatic nitrogens is 2. The van der Waals surface area contributed by atoms with E-state index in [1.54, 1.807) is 44.5 Å². The van der Waals surface area contributed by atoms with E-state index in [-0.39, 0.29) is 26.4 Å². The molecule has 0 N–H and O–H groups in total. The molecule has 4 aromatic rings. The number of unbranched alkanes of at least 4 members (excludes halogenated alkanes) is 1. The summed E-state index contributed by atoms with van der Waals surface area (Å²) < 4.78 is 35.6. The summed E-state index contributed by atoms with van der Waals surface area (Å²) in [6.45, 7) is 6.81. The van der Waals surface area contributed by atoms with Crippen LogP contribution < -0.4 is 18.9 Å². The molecule has 1 aliphatic heterocycles. The Morgan fingerprint density at radius 3 is 2.52 bits per heavy atom. The van der Waals surface area contributed by atoms with Gasteiger partial charge >= 0.3 is 11.9 Å². The minimum atomic E-state index is -0.470. The lowest BCUT2D eigenvalue weighted by atomic mass is 9.99. The Balaban J connectivity index is 1.61. The fourth-order valence-corrected chi connectivity index (χ4v) is 5.60. The zero-order valence-electron chi connectivity index (χ0n) is 27.8. The van der Waals surface area contributed by atoms with Crippen LogP contribution >= 0.6 is 11.6 Å². The van der Waals surface area contributed by atoms with Crippen molar-refractivity contribution in [2.45, 2.75) is 53.2 Å². The van der Waals surface area contributed by atoms with Gasteiger partial charge in [0.15, 0.2) is 11.5 Å². The van der Waals surface area contributed by atoms with Gasteiger partial charge in [0.25, 0.3) is 0 Å². The lowest BCUT2D eigenvalue weighted by molar-refractivity contribution is -0.138. The van der Waals surface area contributed by atoms with Crippen LogP contribution in [0.3, 0.4) is 0 Å². The Labute approximate surface area is 285 Å². The van der Waals surface area contributed by atoms with Crippen LogP contribution in [0.25, 0.3) is 17.3 Å². The first-order chi connectivity index (χ1) is 23.3. The maximum absolute atomic E-state index is 13.5. The molecular formula is C37H39ClN2O8. The summed E-state index contributed by atoms with van der Waals surface area (Å²) in [6.07, 6.45) is 5.53. The molecule has 5 rings (SSSR count). The number of hydrogen-bond donors (Lipinski definition) is 0. The normalized spacial score (nSPS) is 12.2. The van der Waals surface area contributed by atoms with Crippen LogP contribution in [0.1, 0.15) is 59.3 Å². The number of halogens is 1. The van der Waals surface area contributed by atoms with Crippen LogP contribution in [0.5, 0.6) is 23.0 Å². The second kappa shape index (κ2) is 15.8. The summed E-state index contributed by atoms with van der Waals surface area (Å²) in [6, 6.07) is 14.4. The topological polar surface area (TPSA) is 107 Å². The largest absolute Gasteiger partial charge is 0.496 e. The van der Waals surface area contributed by atoms with Gasteiger partial charge in [0.05, 0.1) is 38.3 Å². The van der Waals surface area contributed by atoms with Crippen molar-refractivity contribution < 1.29 is 38.0 Å². The molecule has 11 heteroatoms. The molecule has 252 valence electrons. The zero-order valence-corrected chi connectivity index (χ0v) is 28.5. The van der Waals surface area contributed by atoms with Gasteiger partial charge < -0.3 is 28.4 Å². The van der Waals surface area contributed by atoms with Gasteiger partial charge in [-0.2, -0.15) is 5.10 Å². The van der Waals surface area contributed by atoms with Crippen molar-refractivity contribution in [1.82, 2.24) is 9.78 Å². The zero-order chi connectivity index (χ0) is 34.2. The molecule has 0 saturated carbocycles. The number of hydrogen-bond acceptors (Lipinski definition) is 9. The van der Waals surface area contributed by atoms with E-state index in [9.17, 15) is 9.59 Å². The summed E-state index contributed by atoms with van der Waals surface area (Å²) in [4.78, 5) is 25.9. The monoisotopic (exact) mass is 674 g/mol. The van der Waals surface area contributed by atoms with Crippen molar-refractivity contribution in [3.05, 3.63) is 93.1 Å². The van der Waals surface area contributed by atoms with E-state index in [2.05, 4.69) is 6.92 Å². The summed E-state index contributed by atoms with van der Waals surface area (Å²) in [5.74, 6) is 1.34. The average molecular weight is 675 g/mol. The number of benzene rings is 3. The van der Waals surface area contributed by atoms with Crippen LogP contribution in [-0.4, -0.2) is 49.3 Å². The first kappa shape index (κ1) is 34.4. The molecule has 0 saturated heterocycles. The second-order valence-electron chi connectivity index (χ2n) is 11.1. The van der Waals surface area contributed by atoms with Crippen LogP contribution in [0.2, 0.25) is 5.02 Å². The van der Waals surface area contributed by atoms with Crippen LogP contribution in [0.4, 0.5) is 0 Å². The van der Waals surface area contributed by atoms with Crippen LogP contribution in [-0.2, 0) is 33.8 Å². The minimum Gasteiger partial charge on any atom is -0.496 e. The number of ether oxygens (including phenoxy) is 6. The molecule has 0 amide bonds. The molecule has 0 bridgehead atoms. The highest BCUT2D eigenvalue weighted by atomic mass is 35.5. The van der Waals surface area contributed by atoms with Crippen LogP contribution in [0.15, 0.2) is 60.3 Å². The van der Waals surface area contributed by atoms with Crippen molar-refractivity contribution in [2.75, 3.05) is 27.6 Å². The van der Waals surface area contributed by atoms with Gasteiger partial charge in [0.1, 0.15) is 18.1 Å². The van der Waals surface area contributed by atoms with E-state index in [4.69, 9.17) is 45.1 Å². The number of carbonyl (C=O) groups excluding carboxylic acids is 2. The highest BCUT2D eigenvalue weighted by molar-refractivity contribution is 6.31. The SMILES string of the molecule is CCCCn1ncc(C=C(Cc2cc3c(cc2OC)OCO3)C(=O)OCC)c1-c1cc(Cl)c(C)cc1OCc1ccccc1C(=O)OC. The Hall–Kier alpha value is -4.96. The van der Waals surface area contributed by atoms with Gasteiger partial charge in [0.2, 0.25) is 6.79 Å². The number of aryl methyl sites for hydroxylation is 2. The number of fused-ring (bicyclic) bond motifs is 1. The highest BCUT2D eigenvalue weighted by Crippen LogP contribution is 2.41. The van der Waals surface area contributed by atoms with E-state index in [0.717, 1.165) is 29.7 Å². The minimum absolute atomic E-state index is 0.103. The Bertz CT molecular complexity index is 1830. The highest BCUT2D eigenvalue weighted by Gasteiger charge is 2.24. The van der Waals surface area contributed by atoms with Crippen LogP contribution in [0, 0.1) is 6.92 Å². The molecule has 1 aliphatic rings. The molecule has 10 nitrogen and oxygen atoms in total. The van der Waals surface area contributed by atoms with E-state index in [0.29, 0.717) is 62.4 Å². The fourth-order valence-electron chi connectivity index (χ4n) is 5.44. The van der Waals surface area contributed by atoms with E-state index >= 15 is 0 Å². The Morgan fingerprint density at radius 1 is 1.02 bits per heavy atom. The van der Waals surface area contributed by atoms with E-state index < -0.39 is 11.9 Å². The third kappa shape index (κ3) is 7.60. The number of nitrogens with zero attached hydrogens (tertiary/aromatic N) is 2. The molecule has 1 aromatic heterocycles. The first-order valence-electron chi connectivity index (χ1n) is 15.8. The van der Waals surface area contributed by atoms with Crippen molar-refractivity contribution in [1.29, 1.82) is 0 Å². The summed E-state index contributed by atoms with van der Waals surface area (Å²) in [5.41, 5.74) is 5.10. The molecule has 0 unspecified atom stereocenters. The Morgan fingerprint density at radius 2 is 1.79 bits per heavy atom. The maximum atomic E-state index is 13.5. The number of carbonyl (C=O) groups is 2. The Kier molecular flexibility index (Phi) is 11.3. The third-order valence-electron chi connectivity index (χ3n) is 7.94. The molecule has 0 spiro atoms. The summed E-state index contributed by atoms with van der Waals surface area (Å²) in [5, 5.41) is 5.28. The summed E-state index contributed by atoms with van der Waals surface area (Å²) >= 11 is 6.73. The average Bonchev–Trinajstić information content (AvgIpc) is 3.72. The third-order valence-corrected chi connectivity index (χ3v) is 8.34. The molecule has 0 atom stereocenters. The molecule has 0 radical (unpaired) electrons. The smallest absolute Gasteiger partial charge is 0.338 e. The number of methoxy groups -OCH3 is 2. The van der Waals surface area contributed by atoms with E-state index in [1.807, 2.05) is 41.9 Å². The van der Waals surface area contributed by atoms with Gasteiger partial charge in [-0.15, -0.1) is 0 Å². The van der Waals surface area contributed by atoms with Gasteiger partial charge in [0, 0.05) is 51.9 Å². The van der Waals surface area contributed by atoms with Crippen molar-refractivity contribution in [3.8, 4) is 34.3 Å². The molecular weight excluding hydrogens is 636 g/mol. The predicted molar refractivity (Wildman–Crippen MR) is 182 cm³/mol.